The molecule has 17 heavy (non-hydrogen) atoms. The van der Waals surface area contributed by atoms with E-state index < -0.39 is 0 Å². The topological polar surface area (TPSA) is 21.3 Å². The van der Waals surface area contributed by atoms with E-state index in [1.165, 1.54) is 6.07 Å². The number of ether oxygens (including phenoxy) is 1. The zero-order valence-electron chi connectivity index (χ0n) is 10.5. The van der Waals surface area contributed by atoms with Gasteiger partial charge in [0.15, 0.2) is 0 Å². The first-order valence-electron chi connectivity index (χ1n) is 5.70. The molecule has 0 amide bonds. The van der Waals surface area contributed by atoms with Crippen LogP contribution in [0.2, 0.25) is 0 Å². The maximum atomic E-state index is 13.6. The number of nitrogens with one attached hydrogen (secondary N) is 1. The number of likely N-dealkylation sites (N-methyl/N-ethyl adjacent to an activating group) is 1. The Bertz CT molecular complexity index is 359. The molecule has 0 radical (unpaired) electrons. The Kier molecular flexibility index (Phi) is 6.09. The molecule has 0 heterocycles. The van der Waals surface area contributed by atoms with Gasteiger partial charge < -0.3 is 10.1 Å². The van der Waals surface area contributed by atoms with Gasteiger partial charge in [-0.1, -0.05) is 15.9 Å². The summed E-state index contributed by atoms with van der Waals surface area (Å²) in [7, 11) is 3.58. The summed E-state index contributed by atoms with van der Waals surface area (Å²) in [6.45, 7) is 2.02. The van der Waals surface area contributed by atoms with Gasteiger partial charge in [0, 0.05) is 17.6 Å². The molecule has 0 aliphatic heterocycles. The Morgan fingerprint density at radius 1 is 1.47 bits per heavy atom. The van der Waals surface area contributed by atoms with Crippen molar-refractivity contribution in [3.63, 3.8) is 0 Å². The summed E-state index contributed by atoms with van der Waals surface area (Å²) in [5.74, 6) is -0.154. The first-order chi connectivity index (χ1) is 8.06. The molecule has 0 fully saturated rings. The van der Waals surface area contributed by atoms with Gasteiger partial charge in [-0.3, -0.25) is 0 Å². The minimum Gasteiger partial charge on any atom is -0.382 e. The zero-order chi connectivity index (χ0) is 12.8. The Morgan fingerprint density at radius 2 is 2.18 bits per heavy atom. The fourth-order valence-corrected chi connectivity index (χ4v) is 2.17. The monoisotopic (exact) mass is 303 g/mol. The summed E-state index contributed by atoms with van der Waals surface area (Å²) in [6, 6.07) is 5.25. The minimum absolute atomic E-state index is 0.154. The van der Waals surface area contributed by atoms with Gasteiger partial charge in [0.05, 0.1) is 6.10 Å². The molecule has 0 spiro atoms. The molecule has 0 aliphatic rings. The molecule has 0 saturated heterocycles. The van der Waals surface area contributed by atoms with Crippen LogP contribution in [-0.2, 0) is 11.2 Å². The minimum atomic E-state index is -0.154. The Hall–Kier alpha value is -0.450. The van der Waals surface area contributed by atoms with Crippen molar-refractivity contribution in [3.8, 4) is 0 Å². The fraction of sp³-hybridized carbons (Fsp3) is 0.538. The fourth-order valence-electron chi connectivity index (χ4n) is 1.77. The van der Waals surface area contributed by atoms with Crippen LogP contribution in [0.15, 0.2) is 22.7 Å². The molecule has 2 atom stereocenters. The molecule has 2 nitrogen and oxygen atoms in total. The molecule has 1 rings (SSSR count). The third-order valence-corrected chi connectivity index (χ3v) is 3.39. The van der Waals surface area contributed by atoms with Gasteiger partial charge in [-0.25, -0.2) is 4.39 Å². The smallest absolute Gasteiger partial charge is 0.126 e. The molecule has 96 valence electrons. The van der Waals surface area contributed by atoms with Crippen molar-refractivity contribution >= 4 is 15.9 Å². The number of methoxy groups -OCH3 is 1. The standard InChI is InChI=1S/C13H19BrFNO/c1-9(17-3)6-12(16-2)8-10-7-11(14)4-5-13(10)15/h4-5,7,9,12,16H,6,8H2,1-3H3. The van der Waals surface area contributed by atoms with Crippen LogP contribution >= 0.6 is 15.9 Å². The first kappa shape index (κ1) is 14.6. The highest BCUT2D eigenvalue weighted by Gasteiger charge is 2.14. The molecular formula is C13H19BrFNO. The number of hydrogen-bond donors (Lipinski definition) is 1. The van der Waals surface area contributed by atoms with E-state index in [2.05, 4.69) is 21.2 Å². The first-order valence-corrected chi connectivity index (χ1v) is 6.50. The average Bonchev–Trinajstić information content (AvgIpc) is 2.32. The van der Waals surface area contributed by atoms with Crippen molar-refractivity contribution in [2.45, 2.75) is 31.9 Å². The van der Waals surface area contributed by atoms with Crippen molar-refractivity contribution in [3.05, 3.63) is 34.1 Å². The quantitative estimate of drug-likeness (QED) is 0.872. The second-order valence-electron chi connectivity index (χ2n) is 4.21. The summed E-state index contributed by atoms with van der Waals surface area (Å²) in [5.41, 5.74) is 0.724. The molecule has 1 aromatic rings. The molecule has 0 saturated carbocycles. The van der Waals surface area contributed by atoms with Crippen molar-refractivity contribution in [1.29, 1.82) is 0 Å². The Labute approximate surface area is 111 Å². The molecule has 1 N–H and O–H groups in total. The van der Waals surface area contributed by atoms with Crippen LogP contribution in [0.25, 0.3) is 0 Å². The van der Waals surface area contributed by atoms with E-state index in [1.807, 2.05) is 20.0 Å². The number of rotatable bonds is 6. The average molecular weight is 304 g/mol. The van der Waals surface area contributed by atoms with E-state index in [-0.39, 0.29) is 18.0 Å². The van der Waals surface area contributed by atoms with Gasteiger partial charge >= 0.3 is 0 Å². The van der Waals surface area contributed by atoms with Crippen LogP contribution in [0.5, 0.6) is 0 Å². The van der Waals surface area contributed by atoms with Crippen LogP contribution in [0, 0.1) is 5.82 Å². The lowest BCUT2D eigenvalue weighted by atomic mass is 10.0. The van der Waals surface area contributed by atoms with E-state index in [0.717, 1.165) is 16.5 Å². The van der Waals surface area contributed by atoms with Crippen molar-refractivity contribution in [2.75, 3.05) is 14.2 Å². The van der Waals surface area contributed by atoms with E-state index in [9.17, 15) is 4.39 Å². The third kappa shape index (κ3) is 4.74. The third-order valence-electron chi connectivity index (χ3n) is 2.90. The summed E-state index contributed by atoms with van der Waals surface area (Å²) in [4.78, 5) is 0. The molecule has 0 bridgehead atoms. The predicted molar refractivity (Wildman–Crippen MR) is 71.7 cm³/mol. The van der Waals surface area contributed by atoms with Crippen LogP contribution in [0.1, 0.15) is 18.9 Å². The second kappa shape index (κ2) is 7.09. The predicted octanol–water partition coefficient (Wildman–Crippen LogP) is 3.14. The largest absolute Gasteiger partial charge is 0.382 e. The Morgan fingerprint density at radius 3 is 2.76 bits per heavy atom. The summed E-state index contributed by atoms with van der Waals surface area (Å²) in [5, 5.41) is 3.20. The number of benzene rings is 1. The molecular weight excluding hydrogens is 285 g/mol. The molecule has 0 aliphatic carbocycles. The number of hydrogen-bond acceptors (Lipinski definition) is 2. The molecule has 1 aromatic carbocycles. The van der Waals surface area contributed by atoms with Crippen LogP contribution in [0.4, 0.5) is 4.39 Å². The van der Waals surface area contributed by atoms with Gasteiger partial charge in [0.1, 0.15) is 5.82 Å². The second-order valence-corrected chi connectivity index (χ2v) is 5.12. The highest BCUT2D eigenvalue weighted by atomic mass is 79.9. The summed E-state index contributed by atoms with van der Waals surface area (Å²) < 4.78 is 19.7. The van der Waals surface area contributed by atoms with Crippen LogP contribution in [-0.4, -0.2) is 26.3 Å². The van der Waals surface area contributed by atoms with Gasteiger partial charge in [-0.2, -0.15) is 0 Å². The van der Waals surface area contributed by atoms with Crippen molar-refractivity contribution < 1.29 is 9.13 Å². The van der Waals surface area contributed by atoms with Crippen molar-refractivity contribution in [1.82, 2.24) is 5.32 Å². The van der Waals surface area contributed by atoms with Gasteiger partial charge in [-0.15, -0.1) is 0 Å². The zero-order valence-corrected chi connectivity index (χ0v) is 12.1. The van der Waals surface area contributed by atoms with Gasteiger partial charge in [0.25, 0.3) is 0 Å². The van der Waals surface area contributed by atoms with Gasteiger partial charge in [0.2, 0.25) is 0 Å². The van der Waals surface area contributed by atoms with Gasteiger partial charge in [-0.05, 0) is 50.6 Å². The normalized spacial score (nSPS) is 14.6. The number of halogens is 2. The maximum absolute atomic E-state index is 13.6. The molecule has 4 heteroatoms. The summed E-state index contributed by atoms with van der Waals surface area (Å²) in [6.07, 6.45) is 1.69. The van der Waals surface area contributed by atoms with E-state index >= 15 is 0 Å². The van der Waals surface area contributed by atoms with Crippen molar-refractivity contribution in [2.24, 2.45) is 0 Å². The lowest BCUT2D eigenvalue weighted by molar-refractivity contribution is 0.101. The van der Waals surface area contributed by atoms with E-state index in [0.29, 0.717) is 6.42 Å². The highest BCUT2D eigenvalue weighted by Crippen LogP contribution is 2.18. The van der Waals surface area contributed by atoms with E-state index in [4.69, 9.17) is 4.74 Å². The maximum Gasteiger partial charge on any atom is 0.126 e. The highest BCUT2D eigenvalue weighted by molar-refractivity contribution is 9.10. The lowest BCUT2D eigenvalue weighted by Gasteiger charge is -2.20. The molecule has 0 aromatic heterocycles. The summed E-state index contributed by atoms with van der Waals surface area (Å²) >= 11 is 3.36. The van der Waals surface area contributed by atoms with Crippen LogP contribution in [0.3, 0.4) is 0 Å². The Balaban J connectivity index is 2.69. The lowest BCUT2D eigenvalue weighted by Crippen LogP contribution is -2.31. The SMILES string of the molecule is CNC(Cc1cc(Br)ccc1F)CC(C)OC. The molecule has 2 unspecified atom stereocenters. The van der Waals surface area contributed by atoms with Crippen LogP contribution < -0.4 is 5.32 Å². The van der Waals surface area contributed by atoms with E-state index in [1.54, 1.807) is 13.2 Å².